The molecular formula is C58H42. The van der Waals surface area contributed by atoms with E-state index in [4.69, 9.17) is 0 Å². The van der Waals surface area contributed by atoms with Gasteiger partial charge in [-0.05, 0) is 146 Å². The van der Waals surface area contributed by atoms with E-state index in [1.54, 1.807) is 0 Å². The molecular weight excluding hydrogens is 697 g/mol. The molecule has 0 saturated carbocycles. The monoisotopic (exact) mass is 738 g/mol. The van der Waals surface area contributed by atoms with Crippen LogP contribution in [0.25, 0.3) is 99.1 Å². The van der Waals surface area contributed by atoms with Gasteiger partial charge in [-0.25, -0.2) is 0 Å². The molecule has 0 unspecified atom stereocenters. The van der Waals surface area contributed by atoms with Crippen molar-refractivity contribution >= 4 is 32.3 Å². The zero-order valence-corrected chi connectivity index (χ0v) is 33.3. The Hall–Kier alpha value is -6.76. The second-order valence-electron chi connectivity index (χ2n) is 17.7. The van der Waals surface area contributed by atoms with E-state index >= 15 is 0 Å². The highest BCUT2D eigenvalue weighted by Gasteiger charge is 2.36. The van der Waals surface area contributed by atoms with E-state index in [0.717, 1.165) is 0 Å². The number of benzene rings is 10. The minimum atomic E-state index is -0.0300. The molecule has 0 nitrogen and oxygen atoms in total. The first-order valence-corrected chi connectivity index (χ1v) is 20.7. The van der Waals surface area contributed by atoms with Crippen LogP contribution in [-0.2, 0) is 10.8 Å². The number of rotatable bonds is 4. The van der Waals surface area contributed by atoms with Crippen LogP contribution < -0.4 is 0 Å². The fraction of sp³-hybridized carbons (Fsp3) is 0.103. The fourth-order valence-electron chi connectivity index (χ4n) is 10.8. The molecule has 0 aromatic heterocycles. The lowest BCUT2D eigenvalue weighted by Gasteiger charge is -2.22. The van der Waals surface area contributed by atoms with Crippen LogP contribution in [0.3, 0.4) is 0 Å². The van der Waals surface area contributed by atoms with Gasteiger partial charge in [0.2, 0.25) is 0 Å². The molecule has 0 N–H and O–H groups in total. The predicted octanol–water partition coefficient (Wildman–Crippen LogP) is 15.9. The van der Waals surface area contributed by atoms with Crippen LogP contribution in [0.1, 0.15) is 49.9 Å². The molecule has 2 aliphatic rings. The molecule has 2 aliphatic carbocycles. The van der Waals surface area contributed by atoms with E-state index in [9.17, 15) is 0 Å². The molecule has 0 aliphatic heterocycles. The zero-order chi connectivity index (χ0) is 38.9. The van der Waals surface area contributed by atoms with Crippen LogP contribution in [-0.4, -0.2) is 0 Å². The zero-order valence-electron chi connectivity index (χ0n) is 33.3. The van der Waals surface area contributed by atoms with Crippen molar-refractivity contribution in [2.45, 2.75) is 38.5 Å². The van der Waals surface area contributed by atoms with Gasteiger partial charge in [0.25, 0.3) is 0 Å². The van der Waals surface area contributed by atoms with Gasteiger partial charge in [0.05, 0.1) is 0 Å². The Morgan fingerprint density at radius 2 is 0.621 bits per heavy atom. The fourth-order valence-corrected chi connectivity index (χ4v) is 10.8. The third kappa shape index (κ3) is 4.63. The first kappa shape index (κ1) is 33.4. The summed E-state index contributed by atoms with van der Waals surface area (Å²) in [5.41, 5.74) is 21.1. The van der Waals surface area contributed by atoms with Crippen LogP contribution in [0.2, 0.25) is 0 Å². The summed E-state index contributed by atoms with van der Waals surface area (Å²) in [6.07, 6.45) is 0. The maximum absolute atomic E-state index is 2.43. The highest BCUT2D eigenvalue weighted by molar-refractivity contribution is 6.27. The average Bonchev–Trinajstić information content (AvgIpc) is 3.64. The lowest BCUT2D eigenvalue weighted by Crippen LogP contribution is -2.14. The number of hydrogen-bond acceptors (Lipinski definition) is 0. The molecule has 0 fully saturated rings. The number of hydrogen-bond donors (Lipinski definition) is 0. The van der Waals surface area contributed by atoms with Crippen molar-refractivity contribution in [3.8, 4) is 66.8 Å². The van der Waals surface area contributed by atoms with Gasteiger partial charge < -0.3 is 0 Å². The van der Waals surface area contributed by atoms with Gasteiger partial charge in [0, 0.05) is 10.8 Å². The summed E-state index contributed by atoms with van der Waals surface area (Å²) < 4.78 is 0. The van der Waals surface area contributed by atoms with Crippen molar-refractivity contribution in [1.29, 1.82) is 0 Å². The summed E-state index contributed by atoms with van der Waals surface area (Å²) in [5.74, 6) is 0. The normalized spacial score (nSPS) is 14.5. The van der Waals surface area contributed by atoms with E-state index in [1.807, 2.05) is 0 Å². The van der Waals surface area contributed by atoms with E-state index in [0.29, 0.717) is 0 Å². The molecule has 10 aromatic rings. The van der Waals surface area contributed by atoms with Crippen molar-refractivity contribution in [3.05, 3.63) is 204 Å². The Bertz CT molecular complexity index is 3110. The molecule has 0 saturated heterocycles. The van der Waals surface area contributed by atoms with Crippen LogP contribution >= 0.6 is 0 Å². The first-order chi connectivity index (χ1) is 28.3. The van der Waals surface area contributed by atoms with Gasteiger partial charge in [-0.3, -0.25) is 0 Å². The summed E-state index contributed by atoms with van der Waals surface area (Å²) in [5, 5.41) is 7.83. The Labute approximate surface area is 340 Å². The van der Waals surface area contributed by atoms with Gasteiger partial charge in [0.1, 0.15) is 0 Å². The number of fused-ring (bicyclic) bond motifs is 6. The molecule has 12 rings (SSSR count). The molecule has 274 valence electrons. The standard InChI is InChI=1S/C58H42/c1-57(2)51-17-7-5-15-45(51)47-27-23-39(33-53(47)57)37-11-9-13-41(31-37)43-25-19-35-22-30-50-44(26-20-36-21-29-49(43)55(35)56(36)50)42-14-10-12-38(32-42)40-24-28-48-46-16-6-8-18-52(46)58(3,4)54(48)34-40/h5-34H,1-4H3. The molecule has 0 spiro atoms. The van der Waals surface area contributed by atoms with Gasteiger partial charge in [-0.1, -0.05) is 185 Å². The lowest BCUT2D eigenvalue weighted by molar-refractivity contribution is 0.660. The molecule has 58 heavy (non-hydrogen) atoms. The minimum absolute atomic E-state index is 0.0300. The maximum Gasteiger partial charge on any atom is 0.0159 e. The summed E-state index contributed by atoms with van der Waals surface area (Å²) in [4.78, 5) is 0. The highest BCUT2D eigenvalue weighted by Crippen LogP contribution is 2.51. The highest BCUT2D eigenvalue weighted by atomic mass is 14.4. The van der Waals surface area contributed by atoms with E-state index in [1.165, 1.54) is 121 Å². The molecule has 0 atom stereocenters. The van der Waals surface area contributed by atoms with Crippen LogP contribution in [0.15, 0.2) is 182 Å². The molecule has 0 heterocycles. The first-order valence-electron chi connectivity index (χ1n) is 20.7. The molecule has 10 aromatic carbocycles. The van der Waals surface area contributed by atoms with Crippen molar-refractivity contribution in [2.24, 2.45) is 0 Å². The molecule has 0 bridgehead atoms. The molecule has 0 heteroatoms. The van der Waals surface area contributed by atoms with E-state index in [2.05, 4.69) is 210 Å². The van der Waals surface area contributed by atoms with Crippen molar-refractivity contribution in [1.82, 2.24) is 0 Å². The van der Waals surface area contributed by atoms with Crippen molar-refractivity contribution in [3.63, 3.8) is 0 Å². The topological polar surface area (TPSA) is 0 Å². The average molecular weight is 739 g/mol. The third-order valence-corrected chi connectivity index (χ3v) is 13.8. The van der Waals surface area contributed by atoms with Crippen LogP contribution in [0, 0.1) is 0 Å². The predicted molar refractivity (Wildman–Crippen MR) is 247 cm³/mol. The van der Waals surface area contributed by atoms with Gasteiger partial charge in [-0.15, -0.1) is 0 Å². The summed E-state index contributed by atoms with van der Waals surface area (Å²) in [7, 11) is 0. The van der Waals surface area contributed by atoms with Crippen molar-refractivity contribution < 1.29 is 0 Å². The molecule has 0 amide bonds. The maximum atomic E-state index is 2.43. The Kier molecular flexibility index (Phi) is 6.84. The largest absolute Gasteiger partial charge is 0.0619 e. The van der Waals surface area contributed by atoms with Crippen molar-refractivity contribution in [2.75, 3.05) is 0 Å². The Morgan fingerprint density at radius 1 is 0.259 bits per heavy atom. The molecule has 0 radical (unpaired) electrons. The Morgan fingerprint density at radius 3 is 1.09 bits per heavy atom. The quantitative estimate of drug-likeness (QED) is 0.158. The van der Waals surface area contributed by atoms with Crippen LogP contribution in [0.5, 0.6) is 0 Å². The van der Waals surface area contributed by atoms with E-state index in [-0.39, 0.29) is 10.8 Å². The van der Waals surface area contributed by atoms with Gasteiger partial charge in [0.15, 0.2) is 0 Å². The SMILES string of the molecule is CC1(C)c2ccccc2-c2ccc(-c3cccc(-c4ccc5ccc6c(-c7cccc(-c8ccc9c(c8)C(C)(C)c8ccccc8-9)c7)ccc7ccc4c5c76)c3)cc21. The second-order valence-corrected chi connectivity index (χ2v) is 17.7. The second kappa shape index (κ2) is 11.9. The van der Waals surface area contributed by atoms with E-state index < -0.39 is 0 Å². The lowest BCUT2D eigenvalue weighted by atomic mass is 9.81. The minimum Gasteiger partial charge on any atom is -0.0619 e. The Balaban J connectivity index is 0.951. The van der Waals surface area contributed by atoms with Gasteiger partial charge >= 0.3 is 0 Å². The van der Waals surface area contributed by atoms with Gasteiger partial charge in [-0.2, -0.15) is 0 Å². The third-order valence-electron chi connectivity index (χ3n) is 13.8. The summed E-state index contributed by atoms with van der Waals surface area (Å²) >= 11 is 0. The smallest absolute Gasteiger partial charge is 0.0159 e. The van der Waals surface area contributed by atoms with Crippen LogP contribution in [0.4, 0.5) is 0 Å². The summed E-state index contributed by atoms with van der Waals surface area (Å²) in [6.45, 7) is 9.44. The summed E-state index contributed by atoms with van der Waals surface area (Å²) in [6, 6.07) is 68.8.